The molecule has 0 radical (unpaired) electrons. The molecule has 2 aromatic carbocycles. The minimum Gasteiger partial charge on any atom is -0.481 e. The lowest BCUT2D eigenvalue weighted by Crippen LogP contribution is -2.16. The molecule has 6 nitrogen and oxygen atoms in total. The number of carbonyl (C=O) groups excluding carboxylic acids is 2. The van der Waals surface area contributed by atoms with Crippen molar-refractivity contribution in [2.45, 2.75) is 6.42 Å². The van der Waals surface area contributed by atoms with Crippen molar-refractivity contribution in [3.05, 3.63) is 58.6 Å². The summed E-state index contributed by atoms with van der Waals surface area (Å²) in [5, 5.41) is 13.7. The van der Waals surface area contributed by atoms with Crippen LogP contribution in [0.3, 0.4) is 0 Å². The summed E-state index contributed by atoms with van der Waals surface area (Å²) < 4.78 is 0.670. The summed E-state index contributed by atoms with van der Waals surface area (Å²) in [6, 6.07) is 13.5. The highest BCUT2D eigenvalue weighted by atomic mass is 79.9. The molecule has 0 bridgehead atoms. The van der Waals surface area contributed by atoms with Crippen molar-refractivity contribution < 1.29 is 19.5 Å². The Labute approximate surface area is 140 Å². The summed E-state index contributed by atoms with van der Waals surface area (Å²) in [6.07, 6.45) is -0.618. The average molecular weight is 377 g/mol. The lowest BCUT2D eigenvalue weighted by atomic mass is 10.2. The van der Waals surface area contributed by atoms with Gasteiger partial charge in [-0.05, 0) is 46.3 Å². The molecule has 2 rings (SSSR count). The first-order valence-electron chi connectivity index (χ1n) is 6.63. The van der Waals surface area contributed by atoms with Crippen molar-refractivity contribution in [2.24, 2.45) is 0 Å². The maximum Gasteiger partial charge on any atom is 0.312 e. The van der Waals surface area contributed by atoms with Crippen molar-refractivity contribution >= 4 is 45.1 Å². The van der Waals surface area contributed by atoms with Gasteiger partial charge in [0.1, 0.15) is 6.42 Å². The lowest BCUT2D eigenvalue weighted by molar-refractivity contribution is -0.139. The van der Waals surface area contributed by atoms with Crippen LogP contribution in [0, 0.1) is 0 Å². The number of hydrogen-bond acceptors (Lipinski definition) is 3. The molecule has 0 atom stereocenters. The molecule has 0 unspecified atom stereocenters. The first-order valence-corrected chi connectivity index (χ1v) is 7.42. The largest absolute Gasteiger partial charge is 0.481 e. The van der Waals surface area contributed by atoms with E-state index in [4.69, 9.17) is 5.11 Å². The molecule has 118 valence electrons. The van der Waals surface area contributed by atoms with Gasteiger partial charge in [0.15, 0.2) is 0 Å². The molecule has 7 heteroatoms. The van der Waals surface area contributed by atoms with Crippen LogP contribution >= 0.6 is 15.9 Å². The van der Waals surface area contributed by atoms with E-state index in [0.29, 0.717) is 21.4 Å². The number of hydrogen-bond donors (Lipinski definition) is 3. The SMILES string of the molecule is O=C(O)CC(=O)Nc1cccc(NC(=O)c2ccccc2Br)c1. The van der Waals surface area contributed by atoms with Gasteiger partial charge in [0.25, 0.3) is 5.91 Å². The molecule has 0 saturated heterocycles. The molecule has 0 aliphatic heterocycles. The quantitative estimate of drug-likeness (QED) is 0.698. The Hall–Kier alpha value is -2.67. The summed E-state index contributed by atoms with van der Waals surface area (Å²) in [6.45, 7) is 0. The van der Waals surface area contributed by atoms with Crippen molar-refractivity contribution in [1.29, 1.82) is 0 Å². The van der Waals surface area contributed by atoms with Crippen molar-refractivity contribution in [3.63, 3.8) is 0 Å². The van der Waals surface area contributed by atoms with Gasteiger partial charge in [-0.15, -0.1) is 0 Å². The van der Waals surface area contributed by atoms with Crippen LogP contribution in [0.4, 0.5) is 11.4 Å². The number of aliphatic carboxylic acids is 1. The molecule has 23 heavy (non-hydrogen) atoms. The van der Waals surface area contributed by atoms with E-state index in [2.05, 4.69) is 26.6 Å². The predicted molar refractivity (Wildman–Crippen MR) is 89.4 cm³/mol. The first-order chi connectivity index (χ1) is 11.0. The van der Waals surface area contributed by atoms with Gasteiger partial charge in [0.05, 0.1) is 5.56 Å². The number of carboxylic acids is 1. The molecule has 0 spiro atoms. The van der Waals surface area contributed by atoms with E-state index in [1.165, 1.54) is 0 Å². The Kier molecular flexibility index (Phi) is 5.48. The standard InChI is InChI=1S/C16H13BrN2O4/c17-13-7-2-1-6-12(13)16(23)19-11-5-3-4-10(8-11)18-14(20)9-15(21)22/h1-8H,9H2,(H,18,20)(H,19,23)(H,21,22). The Bertz CT molecular complexity index is 761. The maximum absolute atomic E-state index is 12.2. The molecule has 0 aliphatic carbocycles. The number of nitrogens with one attached hydrogen (secondary N) is 2. The molecule has 0 aromatic heterocycles. The van der Waals surface area contributed by atoms with Crippen molar-refractivity contribution in [3.8, 4) is 0 Å². The van der Waals surface area contributed by atoms with Gasteiger partial charge in [-0.2, -0.15) is 0 Å². The van der Waals surface area contributed by atoms with Crippen LogP contribution in [0.5, 0.6) is 0 Å². The molecule has 3 N–H and O–H groups in total. The van der Waals surface area contributed by atoms with E-state index in [1.54, 1.807) is 48.5 Å². The van der Waals surface area contributed by atoms with Crippen LogP contribution in [0.1, 0.15) is 16.8 Å². The number of amides is 2. The number of halogens is 1. The molecule has 0 saturated carbocycles. The van der Waals surface area contributed by atoms with Crippen LogP contribution in [0.15, 0.2) is 53.0 Å². The predicted octanol–water partition coefficient (Wildman–Crippen LogP) is 3.11. The molecule has 2 aromatic rings. The molecular formula is C16H13BrN2O4. The van der Waals surface area contributed by atoms with Gasteiger partial charge in [-0.1, -0.05) is 18.2 Å². The monoisotopic (exact) mass is 376 g/mol. The van der Waals surface area contributed by atoms with Gasteiger partial charge in [-0.3, -0.25) is 14.4 Å². The van der Waals surface area contributed by atoms with Gasteiger partial charge in [-0.25, -0.2) is 0 Å². The number of rotatable bonds is 5. The zero-order valence-corrected chi connectivity index (χ0v) is 13.5. The highest BCUT2D eigenvalue weighted by molar-refractivity contribution is 9.10. The first kappa shape index (κ1) is 16.7. The van der Waals surface area contributed by atoms with Crippen LogP contribution in [0.2, 0.25) is 0 Å². The summed E-state index contributed by atoms with van der Waals surface area (Å²) in [4.78, 5) is 34.1. The zero-order chi connectivity index (χ0) is 16.8. The van der Waals surface area contributed by atoms with Gasteiger partial charge in [0.2, 0.25) is 5.91 Å². The summed E-state index contributed by atoms with van der Waals surface area (Å²) in [5.74, 6) is -2.14. The van der Waals surface area contributed by atoms with Crippen LogP contribution < -0.4 is 10.6 Å². The Balaban J connectivity index is 2.08. The number of carboxylic acid groups (broad SMARTS) is 1. The minimum atomic E-state index is -1.21. The van der Waals surface area contributed by atoms with Gasteiger partial charge in [0, 0.05) is 15.8 Å². The van der Waals surface area contributed by atoms with E-state index in [9.17, 15) is 14.4 Å². The van der Waals surface area contributed by atoms with Crippen molar-refractivity contribution in [1.82, 2.24) is 0 Å². The molecule has 0 heterocycles. The number of benzene rings is 2. The average Bonchev–Trinajstić information content (AvgIpc) is 2.47. The third kappa shape index (κ3) is 4.93. The lowest BCUT2D eigenvalue weighted by Gasteiger charge is -2.09. The maximum atomic E-state index is 12.2. The fourth-order valence-corrected chi connectivity index (χ4v) is 2.33. The fourth-order valence-electron chi connectivity index (χ4n) is 1.86. The minimum absolute atomic E-state index is 0.300. The van der Waals surface area contributed by atoms with E-state index >= 15 is 0 Å². The van der Waals surface area contributed by atoms with Crippen molar-refractivity contribution in [2.75, 3.05) is 10.6 Å². The molecule has 0 fully saturated rings. The molecule has 0 aliphatic rings. The summed E-state index contributed by atoms with van der Waals surface area (Å²) in [7, 11) is 0. The highest BCUT2D eigenvalue weighted by Crippen LogP contribution is 2.20. The normalized spacial score (nSPS) is 9.96. The van der Waals surface area contributed by atoms with Crippen LogP contribution in [0.25, 0.3) is 0 Å². The second-order valence-electron chi connectivity index (χ2n) is 4.63. The Morgan fingerprint density at radius 1 is 0.957 bits per heavy atom. The second-order valence-corrected chi connectivity index (χ2v) is 5.49. The van der Waals surface area contributed by atoms with E-state index < -0.39 is 18.3 Å². The van der Waals surface area contributed by atoms with Crippen LogP contribution in [-0.4, -0.2) is 22.9 Å². The second kappa shape index (κ2) is 7.55. The highest BCUT2D eigenvalue weighted by Gasteiger charge is 2.11. The van der Waals surface area contributed by atoms with Gasteiger partial charge >= 0.3 is 5.97 Å². The summed E-state index contributed by atoms with van der Waals surface area (Å²) >= 11 is 3.31. The van der Waals surface area contributed by atoms with E-state index in [1.807, 2.05) is 0 Å². The fraction of sp³-hybridized carbons (Fsp3) is 0.0625. The third-order valence-corrected chi connectivity index (χ3v) is 3.53. The van der Waals surface area contributed by atoms with Crippen LogP contribution in [-0.2, 0) is 9.59 Å². The molecule has 2 amide bonds. The molecular weight excluding hydrogens is 364 g/mol. The number of carbonyl (C=O) groups is 3. The van der Waals surface area contributed by atoms with Gasteiger partial charge < -0.3 is 15.7 Å². The van der Waals surface area contributed by atoms with E-state index in [-0.39, 0.29) is 5.91 Å². The smallest absolute Gasteiger partial charge is 0.312 e. The Morgan fingerprint density at radius 2 is 1.61 bits per heavy atom. The Morgan fingerprint density at radius 3 is 2.26 bits per heavy atom. The zero-order valence-electron chi connectivity index (χ0n) is 11.9. The third-order valence-electron chi connectivity index (χ3n) is 2.83. The number of anilines is 2. The topological polar surface area (TPSA) is 95.5 Å². The summed E-state index contributed by atoms with van der Waals surface area (Å²) in [5.41, 5.74) is 1.37. The van der Waals surface area contributed by atoms with E-state index in [0.717, 1.165) is 0 Å².